The first-order chi connectivity index (χ1) is 13.0. The topological polar surface area (TPSA) is 93.3 Å². The van der Waals surface area contributed by atoms with E-state index in [-0.39, 0.29) is 30.2 Å². The molecule has 0 saturated carbocycles. The molecule has 140 valence electrons. The number of amides is 2. The van der Waals surface area contributed by atoms with Crippen LogP contribution in [0.1, 0.15) is 32.1 Å². The van der Waals surface area contributed by atoms with Crippen molar-refractivity contribution in [3.63, 3.8) is 0 Å². The lowest BCUT2D eigenvalue weighted by Gasteiger charge is -2.15. The molecule has 1 N–H and O–H groups in total. The highest BCUT2D eigenvalue weighted by molar-refractivity contribution is 5.98. The van der Waals surface area contributed by atoms with Gasteiger partial charge in [0.05, 0.1) is 36.8 Å². The van der Waals surface area contributed by atoms with Gasteiger partial charge in [-0.15, -0.1) is 0 Å². The lowest BCUT2D eigenvalue weighted by molar-refractivity contribution is -0.128. The van der Waals surface area contributed by atoms with Crippen molar-refractivity contribution in [3.05, 3.63) is 42.6 Å². The maximum Gasteiger partial charge on any atom is 0.229 e. The molecule has 0 unspecified atom stereocenters. The fourth-order valence-electron chi connectivity index (χ4n) is 3.32. The summed E-state index contributed by atoms with van der Waals surface area (Å²) in [6.07, 6.45) is 5.14. The average Bonchev–Trinajstić information content (AvgIpc) is 3.35. The Balaban J connectivity index is 1.43. The van der Waals surface area contributed by atoms with E-state index in [0.717, 1.165) is 11.0 Å². The van der Waals surface area contributed by atoms with Crippen LogP contribution in [-0.2, 0) is 16.1 Å². The van der Waals surface area contributed by atoms with Crippen LogP contribution in [-0.4, -0.2) is 38.0 Å². The maximum absolute atomic E-state index is 12.6. The van der Waals surface area contributed by atoms with Gasteiger partial charge in [0.25, 0.3) is 0 Å². The Kier molecular flexibility index (Phi) is 4.39. The zero-order valence-corrected chi connectivity index (χ0v) is 15.3. The molecule has 0 aromatic carbocycles. The van der Waals surface area contributed by atoms with Crippen molar-refractivity contribution in [3.8, 4) is 0 Å². The van der Waals surface area contributed by atoms with Crippen LogP contribution in [0.3, 0.4) is 0 Å². The van der Waals surface area contributed by atoms with Gasteiger partial charge in [-0.2, -0.15) is 5.10 Å². The van der Waals surface area contributed by atoms with Crippen LogP contribution in [0.2, 0.25) is 0 Å². The summed E-state index contributed by atoms with van der Waals surface area (Å²) in [6, 6.07) is 5.66. The van der Waals surface area contributed by atoms with Crippen LogP contribution in [0.15, 0.2) is 41.3 Å². The van der Waals surface area contributed by atoms with Gasteiger partial charge in [-0.05, 0) is 32.0 Å². The summed E-state index contributed by atoms with van der Waals surface area (Å²) < 4.78 is 7.12. The highest BCUT2D eigenvalue weighted by atomic mass is 16.3. The van der Waals surface area contributed by atoms with Gasteiger partial charge in [0.1, 0.15) is 5.76 Å². The van der Waals surface area contributed by atoms with Crippen molar-refractivity contribution in [2.75, 3.05) is 11.9 Å². The summed E-state index contributed by atoms with van der Waals surface area (Å²) in [4.78, 5) is 30.9. The summed E-state index contributed by atoms with van der Waals surface area (Å²) in [5.74, 6) is 0.101. The zero-order valence-electron chi connectivity index (χ0n) is 15.3. The molecule has 0 bridgehead atoms. The van der Waals surface area contributed by atoms with Crippen molar-refractivity contribution in [2.24, 2.45) is 5.92 Å². The number of anilines is 1. The van der Waals surface area contributed by atoms with Gasteiger partial charge in [-0.25, -0.2) is 9.67 Å². The molecule has 0 spiro atoms. The third kappa shape index (κ3) is 3.42. The van der Waals surface area contributed by atoms with Crippen LogP contribution in [0, 0.1) is 5.92 Å². The van der Waals surface area contributed by atoms with E-state index in [2.05, 4.69) is 15.4 Å². The molecule has 3 aromatic rings. The number of nitrogens with zero attached hydrogens (tertiary/aromatic N) is 4. The Morgan fingerprint density at radius 3 is 3.00 bits per heavy atom. The number of pyridine rings is 1. The molecule has 2 amide bonds. The fraction of sp³-hybridized carbons (Fsp3) is 0.368. The van der Waals surface area contributed by atoms with Gasteiger partial charge in [-0.3, -0.25) is 9.59 Å². The van der Waals surface area contributed by atoms with Crippen LogP contribution in [0.4, 0.5) is 5.69 Å². The molecule has 0 aliphatic carbocycles. The van der Waals surface area contributed by atoms with Crippen LogP contribution < -0.4 is 5.32 Å². The first-order valence-electron chi connectivity index (χ1n) is 8.95. The Labute approximate surface area is 156 Å². The fourth-order valence-corrected chi connectivity index (χ4v) is 3.32. The van der Waals surface area contributed by atoms with E-state index in [9.17, 15) is 9.59 Å². The Hall–Kier alpha value is -3.16. The summed E-state index contributed by atoms with van der Waals surface area (Å²) in [5.41, 5.74) is 1.39. The SMILES string of the molecule is CC(C)n1ncc2cc(NC(=O)[C@H]3CC(=O)N(Cc4ccco4)C3)cnc21. The van der Waals surface area contributed by atoms with Gasteiger partial charge >= 0.3 is 0 Å². The number of carbonyl (C=O) groups excluding carboxylic acids is 2. The minimum absolute atomic E-state index is 0.0432. The summed E-state index contributed by atoms with van der Waals surface area (Å²) in [6.45, 7) is 4.84. The normalized spacial score (nSPS) is 17.2. The Morgan fingerprint density at radius 1 is 1.41 bits per heavy atom. The van der Waals surface area contributed by atoms with Crippen molar-refractivity contribution in [2.45, 2.75) is 32.9 Å². The van der Waals surface area contributed by atoms with Crippen molar-refractivity contribution >= 4 is 28.5 Å². The third-order valence-corrected chi connectivity index (χ3v) is 4.70. The second-order valence-corrected chi connectivity index (χ2v) is 7.06. The number of fused-ring (bicyclic) bond motifs is 1. The van der Waals surface area contributed by atoms with Gasteiger partial charge in [0, 0.05) is 24.4 Å². The number of aromatic nitrogens is 3. The van der Waals surface area contributed by atoms with Crippen LogP contribution in [0.25, 0.3) is 11.0 Å². The molecular formula is C19H21N5O3. The minimum Gasteiger partial charge on any atom is -0.467 e. The van der Waals surface area contributed by atoms with Crippen molar-refractivity contribution in [1.82, 2.24) is 19.7 Å². The molecule has 1 atom stereocenters. The van der Waals surface area contributed by atoms with E-state index in [1.165, 1.54) is 0 Å². The second kappa shape index (κ2) is 6.86. The first-order valence-corrected chi connectivity index (χ1v) is 8.95. The molecule has 1 fully saturated rings. The zero-order chi connectivity index (χ0) is 19.0. The van der Waals surface area contributed by atoms with Gasteiger partial charge < -0.3 is 14.6 Å². The van der Waals surface area contributed by atoms with Crippen molar-refractivity contribution in [1.29, 1.82) is 0 Å². The first kappa shape index (κ1) is 17.3. The quantitative estimate of drug-likeness (QED) is 0.748. The molecular weight excluding hydrogens is 346 g/mol. The third-order valence-electron chi connectivity index (χ3n) is 4.70. The van der Waals surface area contributed by atoms with E-state index in [0.29, 0.717) is 24.5 Å². The van der Waals surface area contributed by atoms with Gasteiger partial charge in [-0.1, -0.05) is 0 Å². The number of hydrogen-bond donors (Lipinski definition) is 1. The maximum atomic E-state index is 12.6. The predicted molar refractivity (Wildman–Crippen MR) is 98.8 cm³/mol. The molecule has 3 aromatic heterocycles. The number of furan rings is 1. The van der Waals surface area contributed by atoms with Crippen LogP contribution in [0.5, 0.6) is 0 Å². The molecule has 8 nitrogen and oxygen atoms in total. The molecule has 4 heterocycles. The molecule has 1 saturated heterocycles. The molecule has 1 aliphatic rings. The van der Waals surface area contributed by atoms with Crippen molar-refractivity contribution < 1.29 is 14.0 Å². The van der Waals surface area contributed by atoms with Gasteiger partial charge in [0.15, 0.2) is 5.65 Å². The summed E-state index contributed by atoms with van der Waals surface area (Å²) in [7, 11) is 0. The molecule has 27 heavy (non-hydrogen) atoms. The van der Waals surface area contributed by atoms with E-state index >= 15 is 0 Å². The van der Waals surface area contributed by atoms with E-state index in [1.54, 1.807) is 29.6 Å². The molecule has 4 rings (SSSR count). The van der Waals surface area contributed by atoms with E-state index in [4.69, 9.17) is 4.42 Å². The number of nitrogens with one attached hydrogen (secondary N) is 1. The summed E-state index contributed by atoms with van der Waals surface area (Å²) in [5, 5.41) is 8.07. The Morgan fingerprint density at radius 2 is 2.26 bits per heavy atom. The average molecular weight is 367 g/mol. The number of rotatable bonds is 5. The highest BCUT2D eigenvalue weighted by Crippen LogP contribution is 2.23. The van der Waals surface area contributed by atoms with Gasteiger partial charge in [0.2, 0.25) is 11.8 Å². The molecule has 8 heteroatoms. The monoisotopic (exact) mass is 367 g/mol. The second-order valence-electron chi connectivity index (χ2n) is 7.06. The highest BCUT2D eigenvalue weighted by Gasteiger charge is 2.34. The van der Waals surface area contributed by atoms with E-state index in [1.807, 2.05) is 30.7 Å². The standard InChI is InChI=1S/C19H21N5O3/c1-12(2)24-18-13(8-21-24)6-15(9-20-18)22-19(26)14-7-17(25)23(10-14)11-16-4-3-5-27-16/h3-6,8-9,12,14H,7,10-11H2,1-2H3,(H,22,26)/t14-/m0/s1. The largest absolute Gasteiger partial charge is 0.467 e. The number of carbonyl (C=O) groups is 2. The van der Waals surface area contributed by atoms with E-state index < -0.39 is 0 Å². The lowest BCUT2D eigenvalue weighted by atomic mass is 10.1. The Bertz CT molecular complexity index is 977. The molecule has 1 aliphatic heterocycles. The number of likely N-dealkylation sites (tertiary alicyclic amines) is 1. The predicted octanol–water partition coefficient (Wildman–Crippen LogP) is 2.59. The summed E-state index contributed by atoms with van der Waals surface area (Å²) >= 11 is 0. The van der Waals surface area contributed by atoms with Crippen LogP contribution >= 0.6 is 0 Å². The molecule has 0 radical (unpaired) electrons. The lowest BCUT2D eigenvalue weighted by Crippen LogP contribution is -2.27. The smallest absolute Gasteiger partial charge is 0.229 e. The number of hydrogen-bond acceptors (Lipinski definition) is 5. The minimum atomic E-state index is -0.387.